The second-order valence-electron chi connectivity index (χ2n) is 4.07. The number of esters is 1. The van der Waals surface area contributed by atoms with Crippen molar-refractivity contribution in [2.45, 2.75) is 13.5 Å². The summed E-state index contributed by atoms with van der Waals surface area (Å²) in [5, 5.41) is 8.07. The fraction of sp³-hybridized carbons (Fsp3) is 0.231. The number of Topliss-reactive ketones (excluding diaryl/α,β-unsaturated/α-hetero) is 1. The molecule has 0 unspecified atom stereocenters. The number of benzene rings is 1. The van der Waals surface area contributed by atoms with Gasteiger partial charge in [0.2, 0.25) is 0 Å². The Morgan fingerprint density at radius 1 is 1.33 bits per heavy atom. The van der Waals surface area contributed by atoms with Crippen LogP contribution in [-0.2, 0) is 11.3 Å². The second kappa shape index (κ2) is 6.69. The standard InChI is InChI=1S/C13H11Cl2N3O3/c1-2-21-13(20)11-6-18(17-16-11)7-12(19)9-4-3-8(14)5-10(9)15/h3-6H,2,7H2,1H3. The van der Waals surface area contributed by atoms with Crippen molar-refractivity contribution in [3.8, 4) is 0 Å². The molecule has 1 heterocycles. The Labute approximate surface area is 130 Å². The molecule has 0 saturated carbocycles. The predicted molar refractivity (Wildman–Crippen MR) is 76.8 cm³/mol. The summed E-state index contributed by atoms with van der Waals surface area (Å²) in [6.07, 6.45) is 1.35. The maximum absolute atomic E-state index is 12.1. The summed E-state index contributed by atoms with van der Waals surface area (Å²) in [5.41, 5.74) is 0.376. The predicted octanol–water partition coefficient (Wildman–Crippen LogP) is 2.64. The van der Waals surface area contributed by atoms with Crippen LogP contribution in [0.1, 0.15) is 27.8 Å². The summed E-state index contributed by atoms with van der Waals surface area (Å²) in [5.74, 6) is -0.849. The monoisotopic (exact) mass is 327 g/mol. The summed E-state index contributed by atoms with van der Waals surface area (Å²) in [6, 6.07) is 4.60. The van der Waals surface area contributed by atoms with Crippen molar-refractivity contribution in [2.75, 3.05) is 6.61 Å². The number of aromatic nitrogens is 3. The molecule has 2 aromatic rings. The molecule has 0 aliphatic carbocycles. The molecule has 110 valence electrons. The van der Waals surface area contributed by atoms with Crippen molar-refractivity contribution >= 4 is 35.0 Å². The summed E-state index contributed by atoms with van der Waals surface area (Å²) < 4.78 is 6.04. The molecule has 0 amide bonds. The quantitative estimate of drug-likeness (QED) is 0.623. The minimum absolute atomic E-state index is 0.0480. The maximum atomic E-state index is 12.1. The van der Waals surface area contributed by atoms with E-state index in [9.17, 15) is 9.59 Å². The van der Waals surface area contributed by atoms with Crippen molar-refractivity contribution < 1.29 is 14.3 Å². The van der Waals surface area contributed by atoms with Gasteiger partial charge in [-0.05, 0) is 25.1 Å². The Hall–Kier alpha value is -1.92. The van der Waals surface area contributed by atoms with Crippen LogP contribution >= 0.6 is 23.2 Å². The summed E-state index contributed by atoms with van der Waals surface area (Å²) in [7, 11) is 0. The van der Waals surface area contributed by atoms with E-state index < -0.39 is 5.97 Å². The molecule has 0 aliphatic rings. The topological polar surface area (TPSA) is 74.1 Å². The molecule has 21 heavy (non-hydrogen) atoms. The third-order valence-electron chi connectivity index (χ3n) is 2.56. The number of carbonyl (C=O) groups excluding carboxylic acids is 2. The molecule has 1 aromatic heterocycles. The van der Waals surface area contributed by atoms with Gasteiger partial charge in [0, 0.05) is 10.6 Å². The van der Waals surface area contributed by atoms with Crippen LogP contribution in [0.3, 0.4) is 0 Å². The van der Waals surface area contributed by atoms with Gasteiger partial charge in [-0.2, -0.15) is 0 Å². The van der Waals surface area contributed by atoms with Crippen molar-refractivity contribution in [3.05, 3.63) is 45.7 Å². The van der Waals surface area contributed by atoms with Crippen LogP contribution in [-0.4, -0.2) is 33.4 Å². The van der Waals surface area contributed by atoms with E-state index in [0.717, 1.165) is 0 Å². The lowest BCUT2D eigenvalue weighted by atomic mass is 10.1. The molecule has 0 bridgehead atoms. The Morgan fingerprint density at radius 3 is 2.76 bits per heavy atom. The van der Waals surface area contributed by atoms with Gasteiger partial charge in [0.1, 0.15) is 6.54 Å². The minimum atomic E-state index is -0.583. The molecule has 0 spiro atoms. The zero-order chi connectivity index (χ0) is 15.4. The highest BCUT2D eigenvalue weighted by molar-refractivity contribution is 6.36. The lowest BCUT2D eigenvalue weighted by Gasteiger charge is -2.03. The van der Waals surface area contributed by atoms with E-state index in [1.54, 1.807) is 13.0 Å². The van der Waals surface area contributed by atoms with Crippen LogP contribution in [0.25, 0.3) is 0 Å². The van der Waals surface area contributed by atoms with Crippen LogP contribution in [0.4, 0.5) is 0 Å². The molecule has 0 radical (unpaired) electrons. The summed E-state index contributed by atoms with van der Waals surface area (Å²) in [6.45, 7) is 1.84. The Bertz CT molecular complexity index is 685. The Kier molecular flexibility index (Phi) is 4.93. The average molecular weight is 328 g/mol. The Morgan fingerprint density at radius 2 is 2.10 bits per heavy atom. The smallest absolute Gasteiger partial charge is 0.360 e. The molecule has 1 aromatic carbocycles. The zero-order valence-corrected chi connectivity index (χ0v) is 12.6. The average Bonchev–Trinajstić information content (AvgIpc) is 2.87. The fourth-order valence-corrected chi connectivity index (χ4v) is 2.14. The molecule has 0 saturated heterocycles. The van der Waals surface area contributed by atoms with Gasteiger partial charge in [-0.15, -0.1) is 5.10 Å². The zero-order valence-electron chi connectivity index (χ0n) is 11.0. The molecular formula is C13H11Cl2N3O3. The first-order valence-electron chi connectivity index (χ1n) is 6.06. The molecule has 0 N–H and O–H groups in total. The number of halogens is 2. The van der Waals surface area contributed by atoms with Crippen molar-refractivity contribution in [1.82, 2.24) is 15.0 Å². The normalized spacial score (nSPS) is 10.4. The van der Waals surface area contributed by atoms with Crippen molar-refractivity contribution in [3.63, 3.8) is 0 Å². The Balaban J connectivity index is 2.11. The van der Waals surface area contributed by atoms with E-state index in [0.29, 0.717) is 10.6 Å². The SMILES string of the molecule is CCOC(=O)c1cn(CC(=O)c2ccc(Cl)cc2Cl)nn1. The molecule has 0 atom stereocenters. The molecule has 0 aliphatic heterocycles. The van der Waals surface area contributed by atoms with Crippen molar-refractivity contribution in [1.29, 1.82) is 0 Å². The molecule has 8 heteroatoms. The van der Waals surface area contributed by atoms with E-state index >= 15 is 0 Å². The van der Waals surface area contributed by atoms with Gasteiger partial charge in [-0.25, -0.2) is 9.48 Å². The maximum Gasteiger partial charge on any atom is 0.360 e. The van der Waals surface area contributed by atoms with Gasteiger partial charge >= 0.3 is 5.97 Å². The van der Waals surface area contributed by atoms with E-state index in [-0.39, 0.29) is 29.7 Å². The minimum Gasteiger partial charge on any atom is -0.461 e. The number of hydrogen-bond acceptors (Lipinski definition) is 5. The third kappa shape index (κ3) is 3.80. The van der Waals surface area contributed by atoms with Crippen molar-refractivity contribution in [2.24, 2.45) is 0 Å². The van der Waals surface area contributed by atoms with Crippen LogP contribution in [0.2, 0.25) is 10.0 Å². The van der Waals surface area contributed by atoms with Gasteiger partial charge in [-0.3, -0.25) is 4.79 Å². The highest BCUT2D eigenvalue weighted by Crippen LogP contribution is 2.21. The number of rotatable bonds is 5. The van der Waals surface area contributed by atoms with Crippen LogP contribution < -0.4 is 0 Å². The van der Waals surface area contributed by atoms with E-state index in [2.05, 4.69) is 10.3 Å². The third-order valence-corrected chi connectivity index (χ3v) is 3.11. The van der Waals surface area contributed by atoms with Gasteiger partial charge < -0.3 is 4.74 Å². The van der Waals surface area contributed by atoms with Crippen LogP contribution in [0.15, 0.2) is 24.4 Å². The molecule has 0 fully saturated rings. The van der Waals surface area contributed by atoms with Gasteiger partial charge in [-0.1, -0.05) is 28.4 Å². The lowest BCUT2D eigenvalue weighted by molar-refractivity contribution is 0.0519. The number of nitrogens with zero attached hydrogens (tertiary/aromatic N) is 3. The first-order valence-corrected chi connectivity index (χ1v) is 6.82. The largest absolute Gasteiger partial charge is 0.461 e. The molecule has 2 rings (SSSR count). The number of ketones is 1. The van der Waals surface area contributed by atoms with E-state index in [4.69, 9.17) is 27.9 Å². The molecule has 6 nitrogen and oxygen atoms in total. The fourth-order valence-electron chi connectivity index (χ4n) is 1.62. The van der Waals surface area contributed by atoms with Gasteiger partial charge in [0.25, 0.3) is 0 Å². The lowest BCUT2D eigenvalue weighted by Crippen LogP contribution is -2.11. The van der Waals surface area contributed by atoms with Crippen LogP contribution in [0, 0.1) is 0 Å². The summed E-state index contributed by atoms with van der Waals surface area (Å²) >= 11 is 11.7. The highest BCUT2D eigenvalue weighted by Gasteiger charge is 2.15. The van der Waals surface area contributed by atoms with Gasteiger partial charge in [0.15, 0.2) is 11.5 Å². The first-order chi connectivity index (χ1) is 10.0. The number of hydrogen-bond donors (Lipinski definition) is 0. The van der Waals surface area contributed by atoms with E-state index in [1.165, 1.54) is 23.0 Å². The second-order valence-corrected chi connectivity index (χ2v) is 4.91. The number of carbonyl (C=O) groups is 2. The highest BCUT2D eigenvalue weighted by atomic mass is 35.5. The van der Waals surface area contributed by atoms with E-state index in [1.807, 2.05) is 0 Å². The molecular weight excluding hydrogens is 317 g/mol. The summed E-state index contributed by atoms with van der Waals surface area (Å²) in [4.78, 5) is 23.6. The number of ether oxygens (including phenoxy) is 1. The van der Waals surface area contributed by atoms with Crippen LogP contribution in [0.5, 0.6) is 0 Å². The first kappa shape index (κ1) is 15.5. The van der Waals surface area contributed by atoms with Gasteiger partial charge in [0.05, 0.1) is 17.8 Å².